The lowest BCUT2D eigenvalue weighted by Gasteiger charge is -2.13. The molecule has 0 aliphatic rings. The minimum atomic E-state index is 1.32. The summed E-state index contributed by atoms with van der Waals surface area (Å²) < 4.78 is 0. The second-order valence-corrected chi connectivity index (χ2v) is 6.08. The van der Waals surface area contributed by atoms with E-state index in [4.69, 9.17) is 0 Å². The Labute approximate surface area is 125 Å². The topological polar surface area (TPSA) is 0 Å². The molecule has 0 saturated carbocycles. The fourth-order valence-corrected chi connectivity index (χ4v) is 3.52. The van der Waals surface area contributed by atoms with E-state index < -0.39 is 0 Å². The van der Waals surface area contributed by atoms with Crippen molar-refractivity contribution in [2.45, 2.75) is 20.8 Å². The largest absolute Gasteiger partial charge is 0.0616 e. The first-order valence-corrected chi connectivity index (χ1v) is 7.47. The molecule has 0 N–H and O–H groups in total. The molecule has 0 nitrogen and oxygen atoms in total. The van der Waals surface area contributed by atoms with Crippen LogP contribution >= 0.6 is 0 Å². The number of aryl methyl sites for hydroxylation is 3. The van der Waals surface area contributed by atoms with E-state index in [1.165, 1.54) is 49.0 Å². The Bertz CT molecular complexity index is 1000. The Kier molecular flexibility index (Phi) is 2.56. The molecule has 102 valence electrons. The van der Waals surface area contributed by atoms with Crippen LogP contribution in [0.5, 0.6) is 0 Å². The summed E-state index contributed by atoms with van der Waals surface area (Å²) in [6, 6.07) is 20.2. The van der Waals surface area contributed by atoms with Gasteiger partial charge in [0.1, 0.15) is 0 Å². The Morgan fingerprint density at radius 1 is 0.571 bits per heavy atom. The molecule has 0 aliphatic carbocycles. The van der Waals surface area contributed by atoms with Gasteiger partial charge < -0.3 is 0 Å². The maximum atomic E-state index is 2.33. The standard InChI is InChI=1S/C21H18/c1-13-8-9-18-15(3)12-16-11-14(2)17-6-4-5-7-19(17)21(16)20(18)10-13/h4-12H,1-3H3. The van der Waals surface area contributed by atoms with Crippen molar-refractivity contribution in [3.05, 3.63) is 71.3 Å². The van der Waals surface area contributed by atoms with Crippen LogP contribution in [0, 0.1) is 20.8 Å². The summed E-state index contributed by atoms with van der Waals surface area (Å²) in [4.78, 5) is 0. The first-order valence-electron chi connectivity index (χ1n) is 7.47. The molecule has 0 bridgehead atoms. The molecular weight excluding hydrogens is 252 g/mol. The van der Waals surface area contributed by atoms with Crippen molar-refractivity contribution in [3.63, 3.8) is 0 Å². The smallest absolute Gasteiger partial charge is 0.00263 e. The van der Waals surface area contributed by atoms with Gasteiger partial charge in [0.05, 0.1) is 0 Å². The first-order chi connectivity index (χ1) is 10.1. The van der Waals surface area contributed by atoms with Crippen LogP contribution < -0.4 is 0 Å². The summed E-state index contributed by atoms with van der Waals surface area (Å²) in [5, 5.41) is 8.20. The van der Waals surface area contributed by atoms with Crippen LogP contribution in [0.25, 0.3) is 32.3 Å². The summed E-state index contributed by atoms with van der Waals surface area (Å²) in [5.41, 5.74) is 4.02. The number of rotatable bonds is 0. The third-order valence-corrected chi connectivity index (χ3v) is 4.52. The van der Waals surface area contributed by atoms with Crippen molar-refractivity contribution in [2.75, 3.05) is 0 Å². The van der Waals surface area contributed by atoms with Crippen molar-refractivity contribution >= 4 is 32.3 Å². The van der Waals surface area contributed by atoms with E-state index in [0.29, 0.717) is 0 Å². The molecule has 0 aromatic heterocycles. The molecule has 0 fully saturated rings. The third-order valence-electron chi connectivity index (χ3n) is 4.52. The highest BCUT2D eigenvalue weighted by molar-refractivity contribution is 6.21. The van der Waals surface area contributed by atoms with E-state index in [1.54, 1.807) is 0 Å². The molecule has 0 unspecified atom stereocenters. The van der Waals surface area contributed by atoms with E-state index in [1.807, 2.05) is 0 Å². The van der Waals surface area contributed by atoms with Crippen LogP contribution in [0.1, 0.15) is 16.7 Å². The van der Waals surface area contributed by atoms with Crippen molar-refractivity contribution in [2.24, 2.45) is 0 Å². The van der Waals surface area contributed by atoms with Gasteiger partial charge >= 0.3 is 0 Å². The van der Waals surface area contributed by atoms with Gasteiger partial charge in [-0.3, -0.25) is 0 Å². The normalized spacial score (nSPS) is 11.6. The monoisotopic (exact) mass is 270 g/mol. The van der Waals surface area contributed by atoms with E-state index in [-0.39, 0.29) is 0 Å². The molecule has 0 atom stereocenters. The average Bonchev–Trinajstić information content (AvgIpc) is 2.47. The number of hydrogen-bond donors (Lipinski definition) is 0. The zero-order chi connectivity index (χ0) is 14.6. The number of hydrogen-bond acceptors (Lipinski definition) is 0. The molecule has 21 heavy (non-hydrogen) atoms. The molecule has 0 aliphatic heterocycles. The Balaban J connectivity index is 2.39. The average molecular weight is 270 g/mol. The predicted octanol–water partition coefficient (Wildman–Crippen LogP) is 6.07. The maximum absolute atomic E-state index is 2.33. The van der Waals surface area contributed by atoms with E-state index >= 15 is 0 Å². The van der Waals surface area contributed by atoms with Crippen molar-refractivity contribution in [3.8, 4) is 0 Å². The van der Waals surface area contributed by atoms with E-state index in [9.17, 15) is 0 Å². The minimum absolute atomic E-state index is 1.32. The van der Waals surface area contributed by atoms with Crippen molar-refractivity contribution in [1.29, 1.82) is 0 Å². The van der Waals surface area contributed by atoms with Crippen LogP contribution in [0.2, 0.25) is 0 Å². The van der Waals surface area contributed by atoms with Crippen LogP contribution in [0.3, 0.4) is 0 Å². The van der Waals surface area contributed by atoms with Gasteiger partial charge in [-0.1, -0.05) is 60.2 Å². The van der Waals surface area contributed by atoms with E-state index in [2.05, 4.69) is 75.4 Å². The number of fused-ring (bicyclic) bond motifs is 5. The molecular formula is C21H18. The fraction of sp³-hybridized carbons (Fsp3) is 0.143. The van der Waals surface area contributed by atoms with Crippen LogP contribution in [0.4, 0.5) is 0 Å². The van der Waals surface area contributed by atoms with Gasteiger partial charge in [0.15, 0.2) is 0 Å². The molecule has 0 heteroatoms. The SMILES string of the molecule is Cc1ccc2c(C)cc3cc(C)c4ccccc4c3c2c1. The highest BCUT2D eigenvalue weighted by Gasteiger charge is 2.09. The number of benzene rings is 4. The fourth-order valence-electron chi connectivity index (χ4n) is 3.52. The lowest BCUT2D eigenvalue weighted by Crippen LogP contribution is -1.87. The first kappa shape index (κ1) is 12.4. The molecule has 0 amide bonds. The summed E-state index contributed by atoms with van der Waals surface area (Å²) in [7, 11) is 0. The molecule has 0 heterocycles. The van der Waals surface area contributed by atoms with E-state index in [0.717, 1.165) is 0 Å². The van der Waals surface area contributed by atoms with Crippen LogP contribution in [-0.2, 0) is 0 Å². The van der Waals surface area contributed by atoms with Crippen LogP contribution in [-0.4, -0.2) is 0 Å². The minimum Gasteiger partial charge on any atom is -0.0616 e. The lowest BCUT2D eigenvalue weighted by molar-refractivity contribution is 1.48. The third kappa shape index (κ3) is 1.76. The summed E-state index contributed by atoms with van der Waals surface area (Å²) in [6.07, 6.45) is 0. The molecule has 0 radical (unpaired) electrons. The van der Waals surface area contributed by atoms with Gasteiger partial charge in [0.2, 0.25) is 0 Å². The Morgan fingerprint density at radius 3 is 1.90 bits per heavy atom. The lowest BCUT2D eigenvalue weighted by atomic mass is 9.91. The molecule has 4 rings (SSSR count). The molecule has 0 saturated heterocycles. The van der Waals surface area contributed by atoms with Gasteiger partial charge in [-0.2, -0.15) is 0 Å². The Morgan fingerprint density at radius 2 is 1.19 bits per heavy atom. The highest BCUT2D eigenvalue weighted by Crippen LogP contribution is 2.35. The van der Waals surface area contributed by atoms with Gasteiger partial charge in [-0.05, 0) is 64.2 Å². The predicted molar refractivity (Wildman–Crippen MR) is 93.2 cm³/mol. The summed E-state index contributed by atoms with van der Waals surface area (Å²) in [6.45, 7) is 6.59. The molecule has 4 aromatic rings. The van der Waals surface area contributed by atoms with Gasteiger partial charge in [-0.15, -0.1) is 0 Å². The summed E-state index contributed by atoms with van der Waals surface area (Å²) >= 11 is 0. The van der Waals surface area contributed by atoms with Gasteiger partial charge in [0, 0.05) is 0 Å². The zero-order valence-electron chi connectivity index (χ0n) is 12.7. The van der Waals surface area contributed by atoms with Crippen molar-refractivity contribution < 1.29 is 0 Å². The van der Waals surface area contributed by atoms with Gasteiger partial charge in [0.25, 0.3) is 0 Å². The van der Waals surface area contributed by atoms with Crippen molar-refractivity contribution in [1.82, 2.24) is 0 Å². The molecule has 4 aromatic carbocycles. The molecule has 0 spiro atoms. The highest BCUT2D eigenvalue weighted by atomic mass is 14.1. The maximum Gasteiger partial charge on any atom is -0.00263 e. The van der Waals surface area contributed by atoms with Crippen LogP contribution in [0.15, 0.2) is 54.6 Å². The quantitative estimate of drug-likeness (QED) is 0.340. The Hall–Kier alpha value is -2.34. The second-order valence-electron chi connectivity index (χ2n) is 6.08. The zero-order valence-corrected chi connectivity index (χ0v) is 12.7. The second kappa shape index (κ2) is 4.33. The summed E-state index contributed by atoms with van der Waals surface area (Å²) in [5.74, 6) is 0. The van der Waals surface area contributed by atoms with Gasteiger partial charge in [-0.25, -0.2) is 0 Å².